The second-order valence-corrected chi connectivity index (χ2v) is 6.60. The van der Waals surface area contributed by atoms with Crippen LogP contribution in [0.1, 0.15) is 47.4 Å². The van der Waals surface area contributed by atoms with Crippen molar-refractivity contribution in [2.45, 2.75) is 44.9 Å². The first-order valence-corrected chi connectivity index (χ1v) is 8.68. The van der Waals surface area contributed by atoms with Crippen LogP contribution in [0.3, 0.4) is 0 Å². The number of amides is 1. The molecule has 1 aliphatic rings. The summed E-state index contributed by atoms with van der Waals surface area (Å²) in [6.45, 7) is 3.57. The van der Waals surface area contributed by atoms with Crippen LogP contribution in [-0.4, -0.2) is 27.0 Å². The highest BCUT2D eigenvalue weighted by molar-refractivity contribution is 5.83. The minimum Gasteiger partial charge on any atom is -0.317 e. The van der Waals surface area contributed by atoms with E-state index in [1.54, 1.807) is 38.1 Å². The van der Waals surface area contributed by atoms with Gasteiger partial charge in [0.05, 0.1) is 23.5 Å². The van der Waals surface area contributed by atoms with Crippen LogP contribution in [0.4, 0.5) is 13.2 Å². The molecule has 2 atom stereocenters. The van der Waals surface area contributed by atoms with Crippen molar-refractivity contribution in [2.75, 3.05) is 0 Å². The van der Waals surface area contributed by atoms with Crippen LogP contribution in [0.2, 0.25) is 0 Å². The summed E-state index contributed by atoms with van der Waals surface area (Å²) in [4.78, 5) is 22.0. The lowest BCUT2D eigenvalue weighted by Crippen LogP contribution is -2.45. The van der Waals surface area contributed by atoms with Gasteiger partial charge in [-0.2, -0.15) is 13.2 Å². The maximum absolute atomic E-state index is 13.5. The first kappa shape index (κ1) is 19.1. The van der Waals surface area contributed by atoms with Gasteiger partial charge in [-0.05, 0) is 49.9 Å². The SMILES string of the molecule is Cc1cccnc1C1CC=CCC(c2ncccc2C)N1C(=O)C(F)(F)F. The largest absolute Gasteiger partial charge is 0.471 e. The second kappa shape index (κ2) is 7.50. The van der Waals surface area contributed by atoms with Gasteiger partial charge in [0.15, 0.2) is 0 Å². The van der Waals surface area contributed by atoms with Crippen molar-refractivity contribution in [2.24, 2.45) is 0 Å². The van der Waals surface area contributed by atoms with Crippen molar-refractivity contribution in [3.63, 3.8) is 0 Å². The standard InChI is InChI=1S/C20H20F3N3O/c1-13-7-5-11-24-17(13)15-9-3-4-10-16(18-14(2)8-6-12-25-18)26(15)19(27)20(21,22)23/h3-8,11-12,15-16H,9-10H2,1-2H3. The first-order valence-electron chi connectivity index (χ1n) is 8.68. The van der Waals surface area contributed by atoms with E-state index in [4.69, 9.17) is 0 Å². The summed E-state index contributed by atoms with van der Waals surface area (Å²) < 4.78 is 40.5. The lowest BCUT2D eigenvalue weighted by molar-refractivity contribution is -0.191. The zero-order chi connectivity index (χ0) is 19.6. The number of hydrogen-bond donors (Lipinski definition) is 0. The Bertz CT molecular complexity index is 806. The predicted molar refractivity (Wildman–Crippen MR) is 94.7 cm³/mol. The van der Waals surface area contributed by atoms with Crippen molar-refractivity contribution in [1.82, 2.24) is 14.9 Å². The lowest BCUT2D eigenvalue weighted by Gasteiger charge is -2.37. The molecule has 142 valence electrons. The van der Waals surface area contributed by atoms with Gasteiger partial charge in [-0.1, -0.05) is 24.3 Å². The van der Waals surface area contributed by atoms with Crippen LogP contribution >= 0.6 is 0 Å². The number of halogens is 3. The average Bonchev–Trinajstić information content (AvgIpc) is 2.84. The van der Waals surface area contributed by atoms with E-state index in [9.17, 15) is 18.0 Å². The Balaban J connectivity index is 2.17. The maximum atomic E-state index is 13.5. The van der Waals surface area contributed by atoms with E-state index >= 15 is 0 Å². The minimum absolute atomic E-state index is 0.266. The van der Waals surface area contributed by atoms with Crippen molar-refractivity contribution >= 4 is 5.91 Å². The molecule has 7 heteroatoms. The molecule has 1 aliphatic heterocycles. The maximum Gasteiger partial charge on any atom is 0.471 e. The number of hydrogen-bond acceptors (Lipinski definition) is 3. The normalized spacial score (nSPS) is 20.4. The van der Waals surface area contributed by atoms with Crippen molar-refractivity contribution in [3.8, 4) is 0 Å². The summed E-state index contributed by atoms with van der Waals surface area (Å²) in [5.41, 5.74) is 2.43. The lowest BCUT2D eigenvalue weighted by atomic mass is 9.98. The number of aryl methyl sites for hydroxylation is 2. The first-order chi connectivity index (χ1) is 12.8. The Kier molecular flexibility index (Phi) is 5.30. The molecule has 0 spiro atoms. The molecule has 0 bridgehead atoms. The third-order valence-electron chi connectivity index (χ3n) is 4.77. The molecule has 0 saturated carbocycles. The summed E-state index contributed by atoms with van der Waals surface area (Å²) in [6, 6.07) is 5.39. The molecule has 0 radical (unpaired) electrons. The molecule has 2 aromatic heterocycles. The van der Waals surface area contributed by atoms with Crippen LogP contribution in [0.15, 0.2) is 48.8 Å². The van der Waals surface area contributed by atoms with Gasteiger partial charge in [-0.25, -0.2) is 0 Å². The third-order valence-corrected chi connectivity index (χ3v) is 4.77. The average molecular weight is 375 g/mol. The topological polar surface area (TPSA) is 46.1 Å². The number of nitrogens with zero attached hydrogens (tertiary/aromatic N) is 3. The monoisotopic (exact) mass is 375 g/mol. The van der Waals surface area contributed by atoms with Gasteiger partial charge in [-0.15, -0.1) is 0 Å². The Morgan fingerprint density at radius 2 is 1.41 bits per heavy atom. The van der Waals surface area contributed by atoms with Gasteiger partial charge in [0.25, 0.3) is 0 Å². The van der Waals surface area contributed by atoms with Crippen molar-refractivity contribution in [3.05, 3.63) is 71.3 Å². The van der Waals surface area contributed by atoms with Crippen LogP contribution in [0.5, 0.6) is 0 Å². The van der Waals surface area contributed by atoms with Gasteiger partial charge in [0.2, 0.25) is 0 Å². The molecule has 2 aromatic rings. The number of alkyl halides is 3. The molecular formula is C20H20F3N3O. The third kappa shape index (κ3) is 3.86. The summed E-state index contributed by atoms with van der Waals surface area (Å²) in [5.74, 6) is -1.86. The highest BCUT2D eigenvalue weighted by Crippen LogP contribution is 2.40. The molecule has 0 N–H and O–H groups in total. The van der Waals surface area contributed by atoms with E-state index in [0.717, 1.165) is 16.0 Å². The highest BCUT2D eigenvalue weighted by Gasteiger charge is 2.48. The molecule has 3 rings (SSSR count). The van der Waals surface area contributed by atoms with Crippen LogP contribution in [0, 0.1) is 13.8 Å². The predicted octanol–water partition coefficient (Wildman–Crippen LogP) is 4.62. The Labute approximate surface area is 155 Å². The number of rotatable bonds is 2. The summed E-state index contributed by atoms with van der Waals surface area (Å²) in [5, 5.41) is 0. The fourth-order valence-electron chi connectivity index (χ4n) is 3.50. The molecule has 4 nitrogen and oxygen atoms in total. The summed E-state index contributed by atoms with van der Waals surface area (Å²) in [7, 11) is 0. The van der Waals surface area contributed by atoms with Gasteiger partial charge in [0, 0.05) is 12.4 Å². The molecule has 0 aromatic carbocycles. The van der Waals surface area contributed by atoms with Gasteiger partial charge < -0.3 is 4.90 Å². The van der Waals surface area contributed by atoms with Crippen molar-refractivity contribution in [1.29, 1.82) is 0 Å². The fourth-order valence-corrected chi connectivity index (χ4v) is 3.50. The molecule has 0 saturated heterocycles. The van der Waals surface area contributed by atoms with E-state index in [2.05, 4.69) is 9.97 Å². The quantitative estimate of drug-likeness (QED) is 0.720. The molecule has 27 heavy (non-hydrogen) atoms. The summed E-state index contributed by atoms with van der Waals surface area (Å²) in [6.07, 6.45) is 2.25. The van der Waals surface area contributed by atoms with Gasteiger partial charge in [0.1, 0.15) is 0 Å². The molecule has 1 amide bonds. The molecule has 0 aliphatic carbocycles. The van der Waals surface area contributed by atoms with E-state index in [1.807, 2.05) is 12.2 Å². The minimum atomic E-state index is -4.98. The van der Waals surface area contributed by atoms with E-state index in [-0.39, 0.29) is 12.8 Å². The number of pyridine rings is 2. The number of aromatic nitrogens is 2. The number of carbonyl (C=O) groups excluding carboxylic acids is 1. The number of carbonyl (C=O) groups is 1. The van der Waals surface area contributed by atoms with Crippen LogP contribution in [0.25, 0.3) is 0 Å². The molecule has 2 unspecified atom stereocenters. The zero-order valence-electron chi connectivity index (χ0n) is 15.1. The Hall–Kier alpha value is -2.70. The van der Waals surface area contributed by atoms with E-state index < -0.39 is 24.2 Å². The molecular weight excluding hydrogens is 355 g/mol. The second-order valence-electron chi connectivity index (χ2n) is 6.60. The van der Waals surface area contributed by atoms with E-state index in [1.165, 1.54) is 12.4 Å². The highest BCUT2D eigenvalue weighted by atomic mass is 19.4. The summed E-state index contributed by atoms with van der Waals surface area (Å²) >= 11 is 0. The molecule has 0 fully saturated rings. The Morgan fingerprint density at radius 1 is 0.963 bits per heavy atom. The van der Waals surface area contributed by atoms with Crippen LogP contribution < -0.4 is 0 Å². The fraction of sp³-hybridized carbons (Fsp3) is 0.350. The Morgan fingerprint density at radius 3 is 1.78 bits per heavy atom. The van der Waals surface area contributed by atoms with Crippen LogP contribution in [-0.2, 0) is 4.79 Å². The van der Waals surface area contributed by atoms with Gasteiger partial charge in [-0.3, -0.25) is 14.8 Å². The molecule has 3 heterocycles. The zero-order valence-corrected chi connectivity index (χ0v) is 15.1. The van der Waals surface area contributed by atoms with Gasteiger partial charge >= 0.3 is 12.1 Å². The smallest absolute Gasteiger partial charge is 0.317 e. The van der Waals surface area contributed by atoms with E-state index in [0.29, 0.717) is 11.4 Å². The van der Waals surface area contributed by atoms with Crippen molar-refractivity contribution < 1.29 is 18.0 Å².